The van der Waals surface area contributed by atoms with Crippen LogP contribution in [0.2, 0.25) is 0 Å². The summed E-state index contributed by atoms with van der Waals surface area (Å²) in [6.07, 6.45) is 6.19. The van der Waals surface area contributed by atoms with Gasteiger partial charge in [-0.25, -0.2) is 23.5 Å². The van der Waals surface area contributed by atoms with Gasteiger partial charge in [0.05, 0.1) is 17.9 Å². The van der Waals surface area contributed by atoms with Crippen molar-refractivity contribution in [2.24, 2.45) is 0 Å². The van der Waals surface area contributed by atoms with Crippen molar-refractivity contribution in [2.75, 3.05) is 18.4 Å². The summed E-state index contributed by atoms with van der Waals surface area (Å²) in [6, 6.07) is 9.43. The Kier molecular flexibility index (Phi) is 4.78. The monoisotopic (exact) mass is 420 g/mol. The molecule has 156 valence electrons. The van der Waals surface area contributed by atoms with Gasteiger partial charge >= 0.3 is 6.03 Å². The fourth-order valence-corrected chi connectivity index (χ4v) is 3.58. The number of carbonyl (C=O) groups excluding carboxylic acids is 1. The number of nitrogens with zero attached hydrogens (tertiary/aromatic N) is 5. The number of alkyl halides is 1. The molecule has 5 rings (SSSR count). The van der Waals surface area contributed by atoms with Crippen LogP contribution in [0.15, 0.2) is 61.2 Å². The van der Waals surface area contributed by atoms with Crippen molar-refractivity contribution < 1.29 is 13.6 Å². The molecule has 0 unspecified atom stereocenters. The van der Waals surface area contributed by atoms with Gasteiger partial charge in [0.15, 0.2) is 0 Å². The molecule has 3 aromatic heterocycles. The molecule has 1 atom stereocenters. The molecule has 0 aliphatic carbocycles. The zero-order valence-corrected chi connectivity index (χ0v) is 16.4. The fourth-order valence-electron chi connectivity index (χ4n) is 3.58. The normalized spacial score (nSPS) is 16.1. The molecule has 0 bridgehead atoms. The molecule has 1 saturated heterocycles. The molecule has 4 heterocycles. The van der Waals surface area contributed by atoms with E-state index in [9.17, 15) is 13.6 Å². The van der Waals surface area contributed by atoms with E-state index >= 15 is 0 Å². The highest BCUT2D eigenvalue weighted by molar-refractivity contribution is 5.90. The van der Waals surface area contributed by atoms with Crippen LogP contribution < -0.4 is 5.32 Å². The Labute approximate surface area is 176 Å². The lowest BCUT2D eigenvalue weighted by atomic mass is 10.1. The van der Waals surface area contributed by atoms with Crippen LogP contribution in [-0.2, 0) is 0 Å². The van der Waals surface area contributed by atoms with Crippen LogP contribution in [0.5, 0.6) is 0 Å². The van der Waals surface area contributed by atoms with Crippen molar-refractivity contribution in [3.05, 3.63) is 67.0 Å². The number of hydrogen-bond acceptors (Lipinski definition) is 4. The number of halogens is 2. The predicted octanol–water partition coefficient (Wildman–Crippen LogP) is 4.17. The second kappa shape index (κ2) is 7.75. The molecular formula is C22H18F2N6O. The van der Waals surface area contributed by atoms with Gasteiger partial charge in [-0.15, -0.1) is 0 Å². The minimum absolute atomic E-state index is 0.0661. The van der Waals surface area contributed by atoms with Crippen molar-refractivity contribution in [2.45, 2.75) is 12.6 Å². The minimum Gasteiger partial charge on any atom is -0.322 e. The molecule has 0 radical (unpaired) electrons. The van der Waals surface area contributed by atoms with Crippen LogP contribution in [-0.4, -0.2) is 49.5 Å². The third-order valence-corrected chi connectivity index (χ3v) is 5.18. The lowest BCUT2D eigenvalue weighted by Gasteiger charge is -2.16. The minimum atomic E-state index is -1.00. The number of hydrogen-bond donors (Lipinski definition) is 1. The highest BCUT2D eigenvalue weighted by atomic mass is 19.1. The number of imidazole rings is 1. The first-order valence-electron chi connectivity index (χ1n) is 9.83. The van der Waals surface area contributed by atoms with E-state index in [0.717, 1.165) is 11.3 Å². The van der Waals surface area contributed by atoms with Gasteiger partial charge in [0, 0.05) is 48.1 Å². The SMILES string of the molecule is O=C(Nc1ccc(F)c(-c2cn3cc(-c4ccccn4)cnc3n2)c1)N1CC[C@@H](F)C1. The molecular weight excluding hydrogens is 402 g/mol. The Morgan fingerprint density at radius 2 is 2.03 bits per heavy atom. The molecule has 1 aromatic carbocycles. The van der Waals surface area contributed by atoms with Crippen LogP contribution in [0.25, 0.3) is 28.3 Å². The van der Waals surface area contributed by atoms with Crippen molar-refractivity contribution in [3.63, 3.8) is 0 Å². The Morgan fingerprint density at radius 1 is 1.13 bits per heavy atom. The second-order valence-corrected chi connectivity index (χ2v) is 7.35. The molecule has 4 aromatic rings. The smallest absolute Gasteiger partial charge is 0.321 e. The lowest BCUT2D eigenvalue weighted by molar-refractivity contribution is 0.218. The number of urea groups is 1. The summed E-state index contributed by atoms with van der Waals surface area (Å²) in [5.41, 5.74) is 2.58. The Balaban J connectivity index is 1.44. The van der Waals surface area contributed by atoms with E-state index in [-0.39, 0.29) is 12.1 Å². The van der Waals surface area contributed by atoms with E-state index in [2.05, 4.69) is 20.3 Å². The van der Waals surface area contributed by atoms with E-state index in [0.29, 0.717) is 30.1 Å². The largest absolute Gasteiger partial charge is 0.322 e. The first-order valence-corrected chi connectivity index (χ1v) is 9.83. The van der Waals surface area contributed by atoms with Crippen LogP contribution in [0.1, 0.15) is 6.42 Å². The number of rotatable bonds is 3. The summed E-state index contributed by atoms with van der Waals surface area (Å²) in [4.78, 5) is 26.8. The Bertz CT molecular complexity index is 1260. The fraction of sp³-hybridized carbons (Fsp3) is 0.182. The van der Waals surface area contributed by atoms with Gasteiger partial charge in [-0.05, 0) is 36.8 Å². The molecule has 9 heteroatoms. The van der Waals surface area contributed by atoms with Gasteiger partial charge in [0.2, 0.25) is 5.78 Å². The molecule has 0 spiro atoms. The standard InChI is InChI=1S/C22H18F2N6O/c23-15-6-8-29(12-15)22(31)27-16-4-5-18(24)17(9-16)20-13-30-11-14(10-26-21(30)28-20)19-3-1-2-7-25-19/h1-5,7,9-11,13,15H,6,8,12H2,(H,27,31)/t15-/m1/s1. The third kappa shape index (κ3) is 3.81. The van der Waals surface area contributed by atoms with Gasteiger partial charge in [-0.2, -0.15) is 0 Å². The molecule has 1 fully saturated rings. The van der Waals surface area contributed by atoms with Crippen molar-refractivity contribution >= 4 is 17.5 Å². The molecule has 7 nitrogen and oxygen atoms in total. The summed E-state index contributed by atoms with van der Waals surface area (Å²) in [5, 5.41) is 2.70. The van der Waals surface area contributed by atoms with E-state index < -0.39 is 18.0 Å². The summed E-state index contributed by atoms with van der Waals surface area (Å²) in [7, 11) is 0. The molecule has 1 N–H and O–H groups in total. The molecule has 31 heavy (non-hydrogen) atoms. The van der Waals surface area contributed by atoms with Crippen LogP contribution >= 0.6 is 0 Å². The topological polar surface area (TPSA) is 75.4 Å². The number of carbonyl (C=O) groups is 1. The zero-order chi connectivity index (χ0) is 21.4. The van der Waals surface area contributed by atoms with Crippen molar-refractivity contribution in [1.29, 1.82) is 0 Å². The number of aromatic nitrogens is 4. The van der Waals surface area contributed by atoms with Gasteiger partial charge in [-0.1, -0.05) is 6.07 Å². The number of nitrogens with one attached hydrogen (secondary N) is 1. The first-order chi connectivity index (χ1) is 15.1. The quantitative estimate of drug-likeness (QED) is 0.540. The van der Waals surface area contributed by atoms with Crippen LogP contribution in [0.3, 0.4) is 0 Å². The first kappa shape index (κ1) is 19.1. The predicted molar refractivity (Wildman–Crippen MR) is 112 cm³/mol. The number of benzene rings is 1. The van der Waals surface area contributed by atoms with E-state index in [4.69, 9.17) is 0 Å². The second-order valence-electron chi connectivity index (χ2n) is 7.35. The van der Waals surface area contributed by atoms with E-state index in [1.807, 2.05) is 24.4 Å². The van der Waals surface area contributed by atoms with Gasteiger partial charge in [-0.3, -0.25) is 9.38 Å². The van der Waals surface area contributed by atoms with Gasteiger partial charge in [0.1, 0.15) is 12.0 Å². The maximum atomic E-state index is 14.6. The highest BCUT2D eigenvalue weighted by Crippen LogP contribution is 2.27. The number of amides is 2. The number of pyridine rings is 1. The molecule has 2 amide bonds. The number of anilines is 1. The van der Waals surface area contributed by atoms with Crippen LogP contribution in [0.4, 0.5) is 19.3 Å². The van der Waals surface area contributed by atoms with Gasteiger partial charge in [0.25, 0.3) is 0 Å². The van der Waals surface area contributed by atoms with E-state index in [1.54, 1.807) is 23.0 Å². The molecule has 1 aliphatic rings. The third-order valence-electron chi connectivity index (χ3n) is 5.18. The molecule has 0 saturated carbocycles. The maximum Gasteiger partial charge on any atom is 0.321 e. The van der Waals surface area contributed by atoms with Crippen LogP contribution in [0, 0.1) is 5.82 Å². The number of fused-ring (bicyclic) bond motifs is 1. The summed E-state index contributed by atoms with van der Waals surface area (Å²) in [6.45, 7) is 0.425. The van der Waals surface area contributed by atoms with E-state index in [1.165, 1.54) is 23.1 Å². The Morgan fingerprint density at radius 3 is 2.81 bits per heavy atom. The summed E-state index contributed by atoms with van der Waals surface area (Å²) in [5.74, 6) is -0.0640. The Hall–Kier alpha value is -3.88. The van der Waals surface area contributed by atoms with Crippen molar-refractivity contribution in [1.82, 2.24) is 24.3 Å². The average Bonchev–Trinajstić information content (AvgIpc) is 3.41. The summed E-state index contributed by atoms with van der Waals surface area (Å²) >= 11 is 0. The maximum absolute atomic E-state index is 14.6. The van der Waals surface area contributed by atoms with Crippen molar-refractivity contribution in [3.8, 4) is 22.5 Å². The number of likely N-dealkylation sites (tertiary alicyclic amines) is 1. The average molecular weight is 420 g/mol. The highest BCUT2D eigenvalue weighted by Gasteiger charge is 2.26. The molecule has 1 aliphatic heterocycles. The summed E-state index contributed by atoms with van der Waals surface area (Å²) < 4.78 is 29.6. The lowest BCUT2D eigenvalue weighted by Crippen LogP contribution is -2.33. The zero-order valence-electron chi connectivity index (χ0n) is 16.4. The van der Waals surface area contributed by atoms with Gasteiger partial charge < -0.3 is 10.2 Å².